The summed E-state index contributed by atoms with van der Waals surface area (Å²) >= 11 is 0. The van der Waals surface area contributed by atoms with Crippen LogP contribution in [-0.4, -0.2) is 19.1 Å². The Morgan fingerprint density at radius 1 is 1.12 bits per heavy atom. The van der Waals surface area contributed by atoms with Crippen LogP contribution < -0.4 is 0 Å². The van der Waals surface area contributed by atoms with Crippen molar-refractivity contribution in [3.05, 3.63) is 70.8 Å². The van der Waals surface area contributed by atoms with Crippen molar-refractivity contribution in [1.82, 2.24) is 0 Å². The van der Waals surface area contributed by atoms with Gasteiger partial charge in [0.25, 0.3) is 0 Å². The zero-order chi connectivity index (χ0) is 16.9. The second-order valence-electron chi connectivity index (χ2n) is 5.65. The van der Waals surface area contributed by atoms with E-state index in [0.29, 0.717) is 6.61 Å². The van der Waals surface area contributed by atoms with E-state index in [1.165, 1.54) is 18.2 Å². The highest BCUT2D eigenvalue weighted by Crippen LogP contribution is 2.27. The Kier molecular flexibility index (Phi) is 5.20. The van der Waals surface area contributed by atoms with E-state index in [9.17, 15) is 8.78 Å². The molecule has 3 rings (SSSR count). The molecule has 2 aromatic rings. The van der Waals surface area contributed by atoms with Crippen molar-refractivity contribution in [2.45, 2.75) is 26.0 Å². The number of halogens is 2. The third kappa shape index (κ3) is 3.62. The number of nitrogens with zero attached hydrogens (tertiary/aromatic N) is 1. The van der Waals surface area contributed by atoms with Gasteiger partial charge in [-0.15, -0.1) is 0 Å². The lowest BCUT2D eigenvalue weighted by Crippen LogP contribution is -2.07. The number of aliphatic imine (C=N–C) groups is 1. The summed E-state index contributed by atoms with van der Waals surface area (Å²) in [5.74, 6) is -1.32. The molecule has 1 aliphatic heterocycles. The van der Waals surface area contributed by atoms with Gasteiger partial charge in [-0.05, 0) is 29.7 Å². The largest absolute Gasteiger partial charge is 0.475 e. The minimum Gasteiger partial charge on any atom is -0.475 e. The monoisotopic (exact) mass is 331 g/mol. The molecule has 0 saturated carbocycles. The van der Waals surface area contributed by atoms with Gasteiger partial charge in [-0.3, -0.25) is 0 Å². The van der Waals surface area contributed by atoms with E-state index in [4.69, 9.17) is 9.47 Å². The van der Waals surface area contributed by atoms with E-state index < -0.39 is 11.6 Å². The second kappa shape index (κ2) is 7.53. The molecule has 0 spiro atoms. The lowest BCUT2D eigenvalue weighted by molar-refractivity contribution is 0.121. The molecule has 126 valence electrons. The SMILES string of the molecule is CCCOCc1ccc(C2COC(c3c(F)cccc3F)=N2)cc1. The van der Waals surface area contributed by atoms with Gasteiger partial charge in [-0.25, -0.2) is 13.8 Å². The second-order valence-corrected chi connectivity index (χ2v) is 5.65. The molecule has 0 fully saturated rings. The van der Waals surface area contributed by atoms with E-state index in [-0.39, 0.29) is 24.1 Å². The Labute approximate surface area is 139 Å². The molecule has 0 N–H and O–H groups in total. The zero-order valence-electron chi connectivity index (χ0n) is 13.5. The van der Waals surface area contributed by atoms with Gasteiger partial charge in [0.15, 0.2) is 0 Å². The molecule has 1 unspecified atom stereocenters. The van der Waals surface area contributed by atoms with E-state index in [1.54, 1.807) is 0 Å². The molecule has 5 heteroatoms. The topological polar surface area (TPSA) is 30.8 Å². The molecule has 0 aromatic heterocycles. The minimum absolute atomic E-state index is 0.0194. The number of benzene rings is 2. The average molecular weight is 331 g/mol. The van der Waals surface area contributed by atoms with Crippen LogP contribution in [0.5, 0.6) is 0 Å². The standard InChI is InChI=1S/C19H19F2NO2/c1-2-10-23-11-13-6-8-14(9-7-13)17-12-24-19(22-17)18-15(20)4-3-5-16(18)21/h3-9,17H,2,10-12H2,1H3. The Morgan fingerprint density at radius 3 is 2.50 bits per heavy atom. The lowest BCUT2D eigenvalue weighted by Gasteiger charge is -2.07. The van der Waals surface area contributed by atoms with Crippen molar-refractivity contribution < 1.29 is 18.3 Å². The summed E-state index contributed by atoms with van der Waals surface area (Å²) in [5.41, 5.74) is 1.82. The van der Waals surface area contributed by atoms with E-state index >= 15 is 0 Å². The van der Waals surface area contributed by atoms with Gasteiger partial charge in [0, 0.05) is 6.61 Å². The maximum atomic E-state index is 13.8. The van der Waals surface area contributed by atoms with Crippen molar-refractivity contribution in [1.29, 1.82) is 0 Å². The van der Waals surface area contributed by atoms with Gasteiger partial charge in [-0.2, -0.15) is 0 Å². The van der Waals surface area contributed by atoms with Crippen LogP contribution in [-0.2, 0) is 16.1 Å². The van der Waals surface area contributed by atoms with Crippen molar-refractivity contribution in [2.24, 2.45) is 4.99 Å². The molecule has 0 bridgehead atoms. The highest BCUT2D eigenvalue weighted by atomic mass is 19.1. The van der Waals surface area contributed by atoms with Crippen LogP contribution in [0.25, 0.3) is 0 Å². The van der Waals surface area contributed by atoms with Crippen LogP contribution in [0.2, 0.25) is 0 Å². The van der Waals surface area contributed by atoms with Crippen molar-refractivity contribution in [3.8, 4) is 0 Å². The van der Waals surface area contributed by atoms with Gasteiger partial charge in [0.1, 0.15) is 29.8 Å². The van der Waals surface area contributed by atoms with E-state index in [1.807, 2.05) is 24.3 Å². The highest BCUT2D eigenvalue weighted by Gasteiger charge is 2.25. The average Bonchev–Trinajstić information content (AvgIpc) is 3.05. The molecule has 0 amide bonds. The van der Waals surface area contributed by atoms with Crippen molar-refractivity contribution in [3.63, 3.8) is 0 Å². The lowest BCUT2D eigenvalue weighted by atomic mass is 10.1. The fourth-order valence-corrected chi connectivity index (χ4v) is 2.55. The number of rotatable bonds is 6. The quantitative estimate of drug-likeness (QED) is 0.734. The molecule has 0 aliphatic carbocycles. The van der Waals surface area contributed by atoms with Crippen molar-refractivity contribution >= 4 is 5.90 Å². The predicted molar refractivity (Wildman–Crippen MR) is 88.0 cm³/mol. The van der Waals surface area contributed by atoms with Crippen LogP contribution >= 0.6 is 0 Å². The normalized spacial score (nSPS) is 16.8. The van der Waals surface area contributed by atoms with Crippen LogP contribution in [0, 0.1) is 11.6 Å². The summed E-state index contributed by atoms with van der Waals surface area (Å²) in [6.07, 6.45) is 0.988. The van der Waals surface area contributed by atoms with Gasteiger partial charge in [-0.1, -0.05) is 37.3 Å². The Bertz CT molecular complexity index is 708. The summed E-state index contributed by atoms with van der Waals surface area (Å²) in [4.78, 5) is 4.34. The Hall–Kier alpha value is -2.27. The van der Waals surface area contributed by atoms with E-state index in [0.717, 1.165) is 24.2 Å². The zero-order valence-corrected chi connectivity index (χ0v) is 13.5. The summed E-state index contributed by atoms with van der Waals surface area (Å²) < 4.78 is 38.6. The molecule has 1 atom stereocenters. The first-order chi connectivity index (χ1) is 11.7. The first-order valence-electron chi connectivity index (χ1n) is 8.00. The molecule has 0 saturated heterocycles. The van der Waals surface area contributed by atoms with Crippen LogP contribution in [0.4, 0.5) is 8.78 Å². The van der Waals surface area contributed by atoms with Gasteiger partial charge in [0.05, 0.1) is 6.61 Å². The fraction of sp³-hybridized carbons (Fsp3) is 0.316. The number of ether oxygens (including phenoxy) is 2. The van der Waals surface area contributed by atoms with Crippen molar-refractivity contribution in [2.75, 3.05) is 13.2 Å². The van der Waals surface area contributed by atoms with Crippen LogP contribution in [0.1, 0.15) is 36.1 Å². The molecular formula is C19H19F2NO2. The summed E-state index contributed by atoms with van der Waals surface area (Å²) in [5, 5.41) is 0. The first-order valence-corrected chi connectivity index (χ1v) is 8.00. The molecule has 1 aliphatic rings. The molecular weight excluding hydrogens is 312 g/mol. The fourth-order valence-electron chi connectivity index (χ4n) is 2.55. The molecule has 0 radical (unpaired) electrons. The number of hydrogen-bond acceptors (Lipinski definition) is 3. The summed E-state index contributed by atoms with van der Waals surface area (Å²) in [7, 11) is 0. The van der Waals surface area contributed by atoms with Crippen LogP contribution in [0.15, 0.2) is 47.5 Å². The minimum atomic E-state index is -0.669. The highest BCUT2D eigenvalue weighted by molar-refractivity contribution is 5.95. The molecule has 1 heterocycles. The third-order valence-electron chi connectivity index (χ3n) is 3.81. The van der Waals surface area contributed by atoms with Gasteiger partial charge < -0.3 is 9.47 Å². The number of hydrogen-bond donors (Lipinski definition) is 0. The summed E-state index contributed by atoms with van der Waals surface area (Å²) in [6.45, 7) is 3.65. The summed E-state index contributed by atoms with van der Waals surface area (Å²) in [6, 6.07) is 11.3. The third-order valence-corrected chi connectivity index (χ3v) is 3.81. The Morgan fingerprint density at radius 2 is 1.83 bits per heavy atom. The molecule has 2 aromatic carbocycles. The van der Waals surface area contributed by atoms with Crippen LogP contribution in [0.3, 0.4) is 0 Å². The van der Waals surface area contributed by atoms with Gasteiger partial charge in [0.2, 0.25) is 5.90 Å². The molecule has 3 nitrogen and oxygen atoms in total. The molecule has 24 heavy (non-hydrogen) atoms. The van der Waals surface area contributed by atoms with Gasteiger partial charge >= 0.3 is 0 Å². The maximum absolute atomic E-state index is 13.8. The van der Waals surface area contributed by atoms with E-state index in [2.05, 4.69) is 11.9 Å². The Balaban J connectivity index is 1.74. The smallest absolute Gasteiger partial charge is 0.222 e. The maximum Gasteiger partial charge on any atom is 0.222 e. The predicted octanol–water partition coefficient (Wildman–Crippen LogP) is 4.41. The first kappa shape index (κ1) is 16.6.